The van der Waals surface area contributed by atoms with Crippen LogP contribution in [0, 0.1) is 6.92 Å². The van der Waals surface area contributed by atoms with E-state index in [4.69, 9.17) is 0 Å². The van der Waals surface area contributed by atoms with E-state index in [1.165, 1.54) is 18.2 Å². The topological polar surface area (TPSA) is 42.0 Å². The molecule has 20 heavy (non-hydrogen) atoms. The van der Waals surface area contributed by atoms with Gasteiger partial charge in [0.05, 0.1) is 5.56 Å². The van der Waals surface area contributed by atoms with Gasteiger partial charge in [-0.1, -0.05) is 6.07 Å². The number of hydrogen-bond acceptors (Lipinski definition) is 2. The molecule has 0 spiro atoms. The van der Waals surface area contributed by atoms with Crippen molar-refractivity contribution in [3.63, 3.8) is 0 Å². The highest BCUT2D eigenvalue weighted by Gasteiger charge is 2.29. The molecule has 1 aromatic carbocycles. The minimum absolute atomic E-state index is 0.213. The molecule has 0 unspecified atom stereocenters. The molecule has 0 aliphatic carbocycles. The lowest BCUT2D eigenvalue weighted by atomic mass is 10.2. The summed E-state index contributed by atoms with van der Waals surface area (Å²) in [6.45, 7) is 1.74. The molecule has 2 aromatic rings. The zero-order valence-electron chi connectivity index (χ0n) is 10.5. The zero-order chi connectivity index (χ0) is 14.8. The first-order valence-corrected chi connectivity index (χ1v) is 5.78. The summed E-state index contributed by atoms with van der Waals surface area (Å²) in [5, 5.41) is 2.50. The maximum absolute atomic E-state index is 12.4. The number of alkyl halides is 3. The highest BCUT2D eigenvalue weighted by atomic mass is 19.4. The number of hydrogen-bond donors (Lipinski definition) is 1. The Balaban J connectivity index is 2.12. The first-order valence-electron chi connectivity index (χ1n) is 5.78. The predicted molar refractivity (Wildman–Crippen MR) is 68.4 cm³/mol. The van der Waals surface area contributed by atoms with E-state index in [9.17, 15) is 18.0 Å². The number of carbonyl (C=O) groups is 1. The molecule has 0 bridgehead atoms. The molecule has 0 saturated carbocycles. The summed E-state index contributed by atoms with van der Waals surface area (Å²) < 4.78 is 37.2. The van der Waals surface area contributed by atoms with Crippen LogP contribution >= 0.6 is 0 Å². The van der Waals surface area contributed by atoms with Crippen LogP contribution < -0.4 is 5.32 Å². The number of anilines is 1. The van der Waals surface area contributed by atoms with Gasteiger partial charge in [-0.25, -0.2) is 4.98 Å². The summed E-state index contributed by atoms with van der Waals surface area (Å²) in [5.41, 5.74) is 0.422. The van der Waals surface area contributed by atoms with Gasteiger partial charge in [0.2, 0.25) is 0 Å². The van der Waals surface area contributed by atoms with Gasteiger partial charge >= 0.3 is 6.18 Å². The number of pyridine rings is 1. The second-order valence-electron chi connectivity index (χ2n) is 4.19. The molecule has 1 aromatic heterocycles. The van der Waals surface area contributed by atoms with Crippen molar-refractivity contribution in [3.05, 3.63) is 59.4 Å². The lowest BCUT2D eigenvalue weighted by Crippen LogP contribution is -2.14. The second-order valence-corrected chi connectivity index (χ2v) is 4.19. The standard InChI is InChI=1S/C14H11F3N2O/c1-9-3-2-4-12(18-9)13(20)19-11-7-5-10(6-8-11)14(15,16)17/h2-8H,1H3,(H,19,20). The first-order chi connectivity index (χ1) is 9.36. The number of aromatic nitrogens is 1. The minimum Gasteiger partial charge on any atom is -0.321 e. The van der Waals surface area contributed by atoms with Gasteiger partial charge in [-0.3, -0.25) is 4.79 Å². The van der Waals surface area contributed by atoms with Gasteiger partial charge in [0.1, 0.15) is 5.69 Å². The number of carbonyl (C=O) groups excluding carboxylic acids is 1. The molecule has 1 N–H and O–H groups in total. The summed E-state index contributed by atoms with van der Waals surface area (Å²) in [4.78, 5) is 15.9. The van der Waals surface area contributed by atoms with Crippen molar-refractivity contribution in [2.24, 2.45) is 0 Å². The largest absolute Gasteiger partial charge is 0.416 e. The number of amides is 1. The Hall–Kier alpha value is -2.37. The SMILES string of the molecule is Cc1cccc(C(=O)Nc2ccc(C(F)(F)F)cc2)n1. The lowest BCUT2D eigenvalue weighted by molar-refractivity contribution is -0.137. The van der Waals surface area contributed by atoms with E-state index < -0.39 is 17.6 Å². The Kier molecular flexibility index (Phi) is 3.74. The summed E-state index contributed by atoms with van der Waals surface area (Å²) in [6, 6.07) is 9.21. The van der Waals surface area contributed by atoms with Crippen molar-refractivity contribution >= 4 is 11.6 Å². The number of rotatable bonds is 2. The number of halogens is 3. The zero-order valence-corrected chi connectivity index (χ0v) is 10.5. The second kappa shape index (κ2) is 5.32. The van der Waals surface area contributed by atoms with Crippen LogP contribution in [0.25, 0.3) is 0 Å². The summed E-state index contributed by atoms with van der Waals surface area (Å²) in [5.74, 6) is -0.464. The molecule has 0 aliphatic heterocycles. The van der Waals surface area contributed by atoms with Crippen LogP contribution in [0.15, 0.2) is 42.5 Å². The fourth-order valence-electron chi connectivity index (χ4n) is 1.61. The van der Waals surface area contributed by atoms with Crippen LogP contribution in [0.4, 0.5) is 18.9 Å². The molecule has 0 fully saturated rings. The van der Waals surface area contributed by atoms with Crippen molar-refractivity contribution in [2.75, 3.05) is 5.32 Å². The Morgan fingerprint density at radius 3 is 2.30 bits per heavy atom. The molecular weight excluding hydrogens is 269 g/mol. The van der Waals surface area contributed by atoms with E-state index in [-0.39, 0.29) is 11.4 Å². The fraction of sp³-hybridized carbons (Fsp3) is 0.143. The van der Waals surface area contributed by atoms with Crippen LogP contribution in [-0.2, 0) is 6.18 Å². The maximum Gasteiger partial charge on any atom is 0.416 e. The van der Waals surface area contributed by atoms with Gasteiger partial charge in [-0.15, -0.1) is 0 Å². The molecule has 6 heteroatoms. The van der Waals surface area contributed by atoms with E-state index in [2.05, 4.69) is 10.3 Å². The average molecular weight is 280 g/mol. The van der Waals surface area contributed by atoms with Gasteiger partial charge in [0, 0.05) is 11.4 Å². The fourth-order valence-corrected chi connectivity index (χ4v) is 1.61. The van der Waals surface area contributed by atoms with Gasteiger partial charge in [-0.05, 0) is 43.3 Å². The van der Waals surface area contributed by atoms with Crippen molar-refractivity contribution in [3.8, 4) is 0 Å². The molecule has 0 aliphatic rings. The predicted octanol–water partition coefficient (Wildman–Crippen LogP) is 3.66. The van der Waals surface area contributed by atoms with E-state index in [0.29, 0.717) is 5.69 Å². The van der Waals surface area contributed by atoms with Crippen molar-refractivity contribution < 1.29 is 18.0 Å². The van der Waals surface area contributed by atoms with Gasteiger partial charge in [0.15, 0.2) is 0 Å². The lowest BCUT2D eigenvalue weighted by Gasteiger charge is -2.08. The minimum atomic E-state index is -4.39. The normalized spacial score (nSPS) is 11.2. The molecule has 3 nitrogen and oxygen atoms in total. The molecule has 2 rings (SSSR count). The molecule has 0 atom stereocenters. The molecule has 1 heterocycles. The van der Waals surface area contributed by atoms with Crippen LogP contribution in [0.3, 0.4) is 0 Å². The third kappa shape index (κ3) is 3.34. The van der Waals surface area contributed by atoms with E-state index in [0.717, 1.165) is 12.1 Å². The highest BCUT2D eigenvalue weighted by molar-refractivity contribution is 6.02. The summed E-state index contributed by atoms with van der Waals surface area (Å²) in [6.07, 6.45) is -4.39. The summed E-state index contributed by atoms with van der Waals surface area (Å²) in [7, 11) is 0. The Morgan fingerprint density at radius 2 is 1.75 bits per heavy atom. The van der Waals surface area contributed by atoms with Crippen LogP contribution in [-0.4, -0.2) is 10.9 Å². The van der Waals surface area contributed by atoms with E-state index in [1.54, 1.807) is 19.1 Å². The summed E-state index contributed by atoms with van der Waals surface area (Å²) >= 11 is 0. The van der Waals surface area contributed by atoms with Crippen LogP contribution in [0.2, 0.25) is 0 Å². The molecule has 0 saturated heterocycles. The third-order valence-electron chi connectivity index (χ3n) is 2.59. The molecule has 0 radical (unpaired) electrons. The molecular formula is C14H11F3N2O. The van der Waals surface area contributed by atoms with Crippen LogP contribution in [0.5, 0.6) is 0 Å². The highest BCUT2D eigenvalue weighted by Crippen LogP contribution is 2.29. The monoisotopic (exact) mass is 280 g/mol. The number of nitrogens with zero attached hydrogens (tertiary/aromatic N) is 1. The maximum atomic E-state index is 12.4. The third-order valence-corrected chi connectivity index (χ3v) is 2.59. The van der Waals surface area contributed by atoms with E-state index >= 15 is 0 Å². The van der Waals surface area contributed by atoms with Crippen LogP contribution in [0.1, 0.15) is 21.7 Å². The Labute approximate surface area is 113 Å². The number of aryl methyl sites for hydroxylation is 1. The Bertz CT molecular complexity index is 621. The quantitative estimate of drug-likeness (QED) is 0.912. The average Bonchev–Trinajstić information content (AvgIpc) is 2.38. The van der Waals surface area contributed by atoms with Gasteiger partial charge < -0.3 is 5.32 Å². The van der Waals surface area contributed by atoms with Crippen molar-refractivity contribution in [1.29, 1.82) is 0 Å². The molecule has 1 amide bonds. The van der Waals surface area contributed by atoms with Crippen molar-refractivity contribution in [2.45, 2.75) is 13.1 Å². The van der Waals surface area contributed by atoms with E-state index in [1.807, 2.05) is 0 Å². The number of benzene rings is 1. The smallest absolute Gasteiger partial charge is 0.321 e. The van der Waals surface area contributed by atoms with Gasteiger partial charge in [0.25, 0.3) is 5.91 Å². The van der Waals surface area contributed by atoms with Gasteiger partial charge in [-0.2, -0.15) is 13.2 Å². The van der Waals surface area contributed by atoms with Crippen molar-refractivity contribution in [1.82, 2.24) is 4.98 Å². The first kappa shape index (κ1) is 14.0. The number of nitrogens with one attached hydrogen (secondary N) is 1. The molecule has 104 valence electrons. The Morgan fingerprint density at radius 1 is 1.10 bits per heavy atom.